The number of aryl methyl sites for hydroxylation is 1. The summed E-state index contributed by atoms with van der Waals surface area (Å²) in [6.07, 6.45) is 1.94. The van der Waals surface area contributed by atoms with Crippen molar-refractivity contribution in [1.82, 2.24) is 9.88 Å². The van der Waals surface area contributed by atoms with Crippen molar-refractivity contribution in [3.8, 4) is 0 Å². The Labute approximate surface area is 102 Å². The maximum absolute atomic E-state index is 12.2. The molecule has 1 fully saturated rings. The molecule has 1 aliphatic heterocycles. The molecule has 0 saturated carbocycles. The third kappa shape index (κ3) is 2.64. The van der Waals surface area contributed by atoms with E-state index in [1.165, 1.54) is 0 Å². The summed E-state index contributed by atoms with van der Waals surface area (Å²) >= 11 is 0. The van der Waals surface area contributed by atoms with E-state index < -0.39 is 0 Å². The van der Waals surface area contributed by atoms with Crippen molar-refractivity contribution in [2.45, 2.75) is 25.9 Å². The Bertz CT molecular complexity index is 406. The van der Waals surface area contributed by atoms with Crippen LogP contribution in [-0.2, 0) is 11.2 Å². The largest absolute Gasteiger partial charge is 0.380 e. The van der Waals surface area contributed by atoms with Gasteiger partial charge in [-0.3, -0.25) is 4.79 Å². The van der Waals surface area contributed by atoms with Crippen LogP contribution in [0.25, 0.3) is 0 Å². The van der Waals surface area contributed by atoms with Crippen molar-refractivity contribution >= 4 is 5.91 Å². The lowest BCUT2D eigenvalue weighted by Crippen LogP contribution is -2.30. The summed E-state index contributed by atoms with van der Waals surface area (Å²) in [5.74, 6) is 0.0138. The molecule has 1 aromatic rings. The van der Waals surface area contributed by atoms with Gasteiger partial charge in [-0.2, -0.15) is 0 Å². The molecule has 1 atom stereocenters. The summed E-state index contributed by atoms with van der Waals surface area (Å²) in [5.41, 5.74) is 1.50. The number of aromatic nitrogens is 1. The fourth-order valence-electron chi connectivity index (χ4n) is 2.06. The molecule has 2 heterocycles. The third-order valence-electron chi connectivity index (χ3n) is 3.15. The maximum atomic E-state index is 12.2. The molecule has 0 bridgehead atoms. The third-order valence-corrected chi connectivity index (χ3v) is 3.15. The Balaban J connectivity index is 2.09. The number of pyridine rings is 1. The molecule has 1 amide bonds. The van der Waals surface area contributed by atoms with Crippen LogP contribution >= 0.6 is 0 Å². The first-order chi connectivity index (χ1) is 8.24. The summed E-state index contributed by atoms with van der Waals surface area (Å²) < 4.78 is 5.26. The minimum Gasteiger partial charge on any atom is -0.380 e. The summed E-state index contributed by atoms with van der Waals surface area (Å²) in [7, 11) is 1.69. The molecular formula is C13H18N2O2. The minimum absolute atomic E-state index is 0.0138. The molecule has 1 aliphatic rings. The van der Waals surface area contributed by atoms with E-state index in [0.717, 1.165) is 25.1 Å². The summed E-state index contributed by atoms with van der Waals surface area (Å²) in [5, 5.41) is 0. The molecule has 0 N–H and O–H groups in total. The molecular weight excluding hydrogens is 216 g/mol. The number of ether oxygens (including phenoxy) is 1. The minimum atomic E-state index is 0.0138. The topological polar surface area (TPSA) is 42.4 Å². The standard InChI is InChI=1S/C13H18N2O2/c1-3-10-5-4-6-12(14-10)13(16)15-8-7-11(9-15)17-2/h4-6,11H,3,7-9H2,1-2H3. The SMILES string of the molecule is CCc1cccc(C(=O)N2CCC(OC)C2)n1. The van der Waals surface area contributed by atoms with Crippen LogP contribution in [0.1, 0.15) is 29.5 Å². The number of carbonyl (C=O) groups excluding carboxylic acids is 1. The first-order valence-corrected chi connectivity index (χ1v) is 6.02. The van der Waals surface area contributed by atoms with Crippen LogP contribution in [0.5, 0.6) is 0 Å². The smallest absolute Gasteiger partial charge is 0.272 e. The predicted octanol–water partition coefficient (Wildman–Crippen LogP) is 1.50. The van der Waals surface area contributed by atoms with Gasteiger partial charge < -0.3 is 9.64 Å². The second-order valence-corrected chi connectivity index (χ2v) is 4.27. The zero-order valence-corrected chi connectivity index (χ0v) is 10.3. The number of hydrogen-bond donors (Lipinski definition) is 0. The fourth-order valence-corrected chi connectivity index (χ4v) is 2.06. The number of rotatable bonds is 3. The van der Waals surface area contributed by atoms with E-state index in [1.807, 2.05) is 24.0 Å². The van der Waals surface area contributed by atoms with Gasteiger partial charge in [0.05, 0.1) is 6.10 Å². The van der Waals surface area contributed by atoms with Gasteiger partial charge in [-0.15, -0.1) is 0 Å². The monoisotopic (exact) mass is 234 g/mol. The highest BCUT2D eigenvalue weighted by atomic mass is 16.5. The second kappa shape index (κ2) is 5.27. The molecule has 1 aromatic heterocycles. The molecule has 4 nitrogen and oxygen atoms in total. The quantitative estimate of drug-likeness (QED) is 0.796. The highest BCUT2D eigenvalue weighted by molar-refractivity contribution is 5.92. The van der Waals surface area contributed by atoms with Gasteiger partial charge in [0, 0.05) is 25.9 Å². The number of nitrogens with zero attached hydrogens (tertiary/aromatic N) is 2. The van der Waals surface area contributed by atoms with Gasteiger partial charge >= 0.3 is 0 Å². The summed E-state index contributed by atoms with van der Waals surface area (Å²) in [6, 6.07) is 5.61. The molecule has 1 saturated heterocycles. The zero-order valence-electron chi connectivity index (χ0n) is 10.3. The van der Waals surface area contributed by atoms with Crippen molar-refractivity contribution in [3.63, 3.8) is 0 Å². The van der Waals surface area contributed by atoms with E-state index in [4.69, 9.17) is 4.74 Å². The van der Waals surface area contributed by atoms with E-state index >= 15 is 0 Å². The van der Waals surface area contributed by atoms with Crippen LogP contribution in [0.15, 0.2) is 18.2 Å². The average Bonchev–Trinajstić information content (AvgIpc) is 2.86. The molecule has 4 heteroatoms. The molecule has 1 unspecified atom stereocenters. The molecule has 0 aliphatic carbocycles. The molecule has 17 heavy (non-hydrogen) atoms. The van der Waals surface area contributed by atoms with Gasteiger partial charge in [-0.05, 0) is 25.0 Å². The zero-order chi connectivity index (χ0) is 12.3. The molecule has 92 valence electrons. The van der Waals surface area contributed by atoms with E-state index in [2.05, 4.69) is 4.98 Å². The number of hydrogen-bond acceptors (Lipinski definition) is 3. The number of amides is 1. The van der Waals surface area contributed by atoms with Crippen molar-refractivity contribution < 1.29 is 9.53 Å². The average molecular weight is 234 g/mol. The van der Waals surface area contributed by atoms with Crippen molar-refractivity contribution in [1.29, 1.82) is 0 Å². The van der Waals surface area contributed by atoms with Crippen LogP contribution in [0.3, 0.4) is 0 Å². The van der Waals surface area contributed by atoms with E-state index in [-0.39, 0.29) is 12.0 Å². The van der Waals surface area contributed by atoms with Crippen LogP contribution in [-0.4, -0.2) is 42.1 Å². The number of methoxy groups -OCH3 is 1. The van der Waals surface area contributed by atoms with Crippen molar-refractivity contribution in [2.24, 2.45) is 0 Å². The van der Waals surface area contributed by atoms with Gasteiger partial charge in [0.15, 0.2) is 0 Å². The Morgan fingerprint density at radius 1 is 1.59 bits per heavy atom. The lowest BCUT2D eigenvalue weighted by atomic mass is 10.2. The molecule has 0 aromatic carbocycles. The number of carbonyl (C=O) groups is 1. The van der Waals surface area contributed by atoms with E-state index in [0.29, 0.717) is 12.2 Å². The Hall–Kier alpha value is -1.42. The Morgan fingerprint density at radius 3 is 3.06 bits per heavy atom. The van der Waals surface area contributed by atoms with Gasteiger partial charge in [0.25, 0.3) is 5.91 Å². The predicted molar refractivity (Wildman–Crippen MR) is 64.9 cm³/mol. The first kappa shape index (κ1) is 12.0. The number of likely N-dealkylation sites (tertiary alicyclic amines) is 1. The Kier molecular flexibility index (Phi) is 3.74. The fraction of sp³-hybridized carbons (Fsp3) is 0.538. The summed E-state index contributed by atoms with van der Waals surface area (Å²) in [6.45, 7) is 3.47. The second-order valence-electron chi connectivity index (χ2n) is 4.27. The molecule has 2 rings (SSSR count). The summed E-state index contributed by atoms with van der Waals surface area (Å²) in [4.78, 5) is 18.4. The normalized spacial score (nSPS) is 19.6. The van der Waals surface area contributed by atoms with Gasteiger partial charge in [0.1, 0.15) is 5.69 Å². The van der Waals surface area contributed by atoms with Gasteiger partial charge in [0.2, 0.25) is 0 Å². The highest BCUT2D eigenvalue weighted by Gasteiger charge is 2.27. The first-order valence-electron chi connectivity index (χ1n) is 6.02. The van der Waals surface area contributed by atoms with E-state index in [9.17, 15) is 4.79 Å². The Morgan fingerprint density at radius 2 is 2.41 bits per heavy atom. The van der Waals surface area contributed by atoms with Gasteiger partial charge in [-0.1, -0.05) is 13.0 Å². The van der Waals surface area contributed by atoms with Crippen LogP contribution in [0, 0.1) is 0 Å². The van der Waals surface area contributed by atoms with Crippen molar-refractivity contribution in [2.75, 3.05) is 20.2 Å². The van der Waals surface area contributed by atoms with Crippen LogP contribution in [0.4, 0.5) is 0 Å². The lowest BCUT2D eigenvalue weighted by molar-refractivity contribution is 0.0718. The molecule has 0 spiro atoms. The van der Waals surface area contributed by atoms with E-state index in [1.54, 1.807) is 13.2 Å². The van der Waals surface area contributed by atoms with Gasteiger partial charge in [-0.25, -0.2) is 4.98 Å². The van der Waals surface area contributed by atoms with Crippen LogP contribution < -0.4 is 0 Å². The van der Waals surface area contributed by atoms with Crippen LogP contribution in [0.2, 0.25) is 0 Å². The van der Waals surface area contributed by atoms with Crippen molar-refractivity contribution in [3.05, 3.63) is 29.6 Å². The maximum Gasteiger partial charge on any atom is 0.272 e. The molecule has 0 radical (unpaired) electrons. The lowest BCUT2D eigenvalue weighted by Gasteiger charge is -2.15. The highest BCUT2D eigenvalue weighted by Crippen LogP contribution is 2.14.